The Labute approximate surface area is 130 Å². The van der Waals surface area contributed by atoms with Crippen LogP contribution in [-0.2, 0) is 6.61 Å². The van der Waals surface area contributed by atoms with Crippen LogP contribution in [0.4, 0.5) is 5.69 Å². The molecule has 21 heavy (non-hydrogen) atoms. The molecule has 6 heteroatoms. The van der Waals surface area contributed by atoms with Crippen LogP contribution < -0.4 is 4.74 Å². The number of ether oxygens (including phenoxy) is 1. The second-order valence-electron chi connectivity index (χ2n) is 4.43. The molecular formula is C15H11BrN2O3. The van der Waals surface area contributed by atoms with Gasteiger partial charge in [-0.2, -0.15) is 5.26 Å². The molecule has 0 saturated heterocycles. The van der Waals surface area contributed by atoms with Crippen LogP contribution >= 0.6 is 15.9 Å². The third-order valence-corrected chi connectivity index (χ3v) is 3.31. The van der Waals surface area contributed by atoms with Crippen molar-refractivity contribution in [3.05, 3.63) is 67.7 Å². The minimum Gasteiger partial charge on any atom is -0.482 e. The van der Waals surface area contributed by atoms with Crippen molar-refractivity contribution in [2.45, 2.75) is 13.5 Å². The number of nitrogens with zero attached hydrogens (tertiary/aromatic N) is 2. The maximum Gasteiger partial charge on any atom is 0.312 e. The van der Waals surface area contributed by atoms with E-state index in [2.05, 4.69) is 15.9 Å². The summed E-state index contributed by atoms with van der Waals surface area (Å²) in [6.07, 6.45) is 0. The van der Waals surface area contributed by atoms with Crippen molar-refractivity contribution >= 4 is 21.6 Å². The van der Waals surface area contributed by atoms with E-state index in [4.69, 9.17) is 10.00 Å². The summed E-state index contributed by atoms with van der Waals surface area (Å²) in [4.78, 5) is 10.6. The maximum absolute atomic E-state index is 11.1. The zero-order valence-electron chi connectivity index (χ0n) is 11.2. The van der Waals surface area contributed by atoms with E-state index >= 15 is 0 Å². The standard InChI is InChI=1S/C15H11BrN2O3/c1-10-5-13(16)7-14(18(19)20)15(10)21-9-12-4-2-3-11(6-12)8-17/h2-7H,9H2,1H3. The van der Waals surface area contributed by atoms with Gasteiger partial charge in [0.15, 0.2) is 5.75 Å². The van der Waals surface area contributed by atoms with Crippen molar-refractivity contribution in [1.29, 1.82) is 5.26 Å². The first-order valence-corrected chi connectivity index (χ1v) is 6.87. The third-order valence-electron chi connectivity index (χ3n) is 2.86. The Morgan fingerprint density at radius 2 is 2.14 bits per heavy atom. The summed E-state index contributed by atoms with van der Waals surface area (Å²) in [5.41, 5.74) is 1.90. The molecule has 0 spiro atoms. The second-order valence-corrected chi connectivity index (χ2v) is 5.34. The van der Waals surface area contributed by atoms with Crippen molar-refractivity contribution in [3.8, 4) is 11.8 Å². The summed E-state index contributed by atoms with van der Waals surface area (Å²) >= 11 is 3.23. The average molecular weight is 347 g/mol. The topological polar surface area (TPSA) is 76.2 Å². The van der Waals surface area contributed by atoms with Gasteiger partial charge in [0.05, 0.1) is 16.6 Å². The van der Waals surface area contributed by atoms with E-state index in [1.807, 2.05) is 6.07 Å². The lowest BCUT2D eigenvalue weighted by atomic mass is 10.1. The molecule has 2 aromatic rings. The number of hydrogen-bond donors (Lipinski definition) is 0. The Morgan fingerprint density at radius 3 is 2.81 bits per heavy atom. The second kappa shape index (κ2) is 6.37. The monoisotopic (exact) mass is 346 g/mol. The summed E-state index contributed by atoms with van der Waals surface area (Å²) in [5, 5.41) is 20.0. The molecule has 0 heterocycles. The van der Waals surface area contributed by atoms with E-state index in [1.54, 1.807) is 37.3 Å². The first-order chi connectivity index (χ1) is 10.0. The lowest BCUT2D eigenvalue weighted by molar-refractivity contribution is -0.386. The third kappa shape index (κ3) is 3.58. The molecule has 0 saturated carbocycles. The summed E-state index contributed by atoms with van der Waals surface area (Å²) < 4.78 is 6.23. The van der Waals surface area contributed by atoms with Crippen molar-refractivity contribution in [2.24, 2.45) is 0 Å². The normalized spacial score (nSPS) is 9.95. The zero-order valence-corrected chi connectivity index (χ0v) is 12.8. The van der Waals surface area contributed by atoms with Crippen molar-refractivity contribution < 1.29 is 9.66 Å². The van der Waals surface area contributed by atoms with Gasteiger partial charge >= 0.3 is 5.69 Å². The fourth-order valence-corrected chi connectivity index (χ4v) is 2.48. The smallest absolute Gasteiger partial charge is 0.312 e. The van der Waals surface area contributed by atoms with E-state index in [-0.39, 0.29) is 18.0 Å². The van der Waals surface area contributed by atoms with Gasteiger partial charge < -0.3 is 4.74 Å². The molecule has 0 radical (unpaired) electrons. The van der Waals surface area contributed by atoms with E-state index in [0.29, 0.717) is 15.6 Å². The minimum absolute atomic E-state index is 0.0849. The highest BCUT2D eigenvalue weighted by molar-refractivity contribution is 9.10. The molecular weight excluding hydrogens is 336 g/mol. The predicted octanol–water partition coefficient (Wildman–Crippen LogP) is 4.12. The van der Waals surface area contributed by atoms with Gasteiger partial charge in [0.1, 0.15) is 6.61 Å². The van der Waals surface area contributed by atoms with E-state index in [1.165, 1.54) is 6.07 Å². The molecule has 0 bridgehead atoms. The summed E-state index contributed by atoms with van der Waals surface area (Å²) in [6, 6.07) is 12.2. The van der Waals surface area contributed by atoms with Gasteiger partial charge in [-0.05, 0) is 36.2 Å². The van der Waals surface area contributed by atoms with Gasteiger partial charge in [-0.25, -0.2) is 0 Å². The van der Waals surface area contributed by atoms with Crippen LogP contribution in [0.15, 0.2) is 40.9 Å². The molecule has 0 aliphatic carbocycles. The highest BCUT2D eigenvalue weighted by Crippen LogP contribution is 2.34. The first-order valence-electron chi connectivity index (χ1n) is 6.07. The number of nitro benzene ring substituents is 1. The van der Waals surface area contributed by atoms with Crippen LogP contribution in [0.2, 0.25) is 0 Å². The highest BCUT2D eigenvalue weighted by Gasteiger charge is 2.19. The number of nitriles is 1. The fourth-order valence-electron chi connectivity index (χ4n) is 1.92. The highest BCUT2D eigenvalue weighted by atomic mass is 79.9. The zero-order chi connectivity index (χ0) is 15.4. The molecule has 0 unspecified atom stereocenters. The van der Waals surface area contributed by atoms with Crippen LogP contribution in [0.5, 0.6) is 5.75 Å². The molecule has 0 fully saturated rings. The Hall–Kier alpha value is -2.39. The largest absolute Gasteiger partial charge is 0.482 e. The van der Waals surface area contributed by atoms with Crippen LogP contribution in [-0.4, -0.2) is 4.92 Å². The lowest BCUT2D eigenvalue weighted by Crippen LogP contribution is -2.01. The van der Waals surface area contributed by atoms with E-state index in [9.17, 15) is 10.1 Å². The van der Waals surface area contributed by atoms with Crippen LogP contribution in [0.3, 0.4) is 0 Å². The Bertz CT molecular complexity index is 738. The van der Waals surface area contributed by atoms with Gasteiger partial charge in [0.2, 0.25) is 0 Å². The van der Waals surface area contributed by atoms with Crippen molar-refractivity contribution in [3.63, 3.8) is 0 Å². The fraction of sp³-hybridized carbons (Fsp3) is 0.133. The number of rotatable bonds is 4. The average Bonchev–Trinajstić information content (AvgIpc) is 2.45. The number of halogens is 1. The molecule has 106 valence electrons. The van der Waals surface area contributed by atoms with Crippen LogP contribution in [0, 0.1) is 28.4 Å². The number of aryl methyl sites for hydroxylation is 1. The molecule has 2 rings (SSSR count). The molecule has 2 aromatic carbocycles. The quantitative estimate of drug-likeness (QED) is 0.616. The predicted molar refractivity (Wildman–Crippen MR) is 81.0 cm³/mol. The summed E-state index contributed by atoms with van der Waals surface area (Å²) in [7, 11) is 0. The van der Waals surface area contributed by atoms with Crippen LogP contribution in [0.25, 0.3) is 0 Å². The molecule has 5 nitrogen and oxygen atoms in total. The molecule has 0 N–H and O–H groups in total. The Kier molecular flexibility index (Phi) is 4.55. The van der Waals surface area contributed by atoms with Gasteiger partial charge in [-0.15, -0.1) is 0 Å². The van der Waals surface area contributed by atoms with Crippen LogP contribution in [0.1, 0.15) is 16.7 Å². The summed E-state index contributed by atoms with van der Waals surface area (Å²) in [6.45, 7) is 1.91. The van der Waals surface area contributed by atoms with E-state index < -0.39 is 4.92 Å². The van der Waals surface area contributed by atoms with Crippen molar-refractivity contribution in [1.82, 2.24) is 0 Å². The Balaban J connectivity index is 2.27. The Morgan fingerprint density at radius 1 is 1.38 bits per heavy atom. The summed E-state index contributed by atoms with van der Waals surface area (Å²) in [5.74, 6) is 0.241. The minimum atomic E-state index is -0.473. The molecule has 0 amide bonds. The SMILES string of the molecule is Cc1cc(Br)cc([N+](=O)[O-])c1OCc1cccc(C#N)c1. The first kappa shape index (κ1) is 15.0. The van der Waals surface area contributed by atoms with Gasteiger partial charge in [-0.3, -0.25) is 10.1 Å². The molecule has 0 atom stereocenters. The number of hydrogen-bond acceptors (Lipinski definition) is 4. The lowest BCUT2D eigenvalue weighted by Gasteiger charge is -2.10. The number of benzene rings is 2. The van der Waals surface area contributed by atoms with Gasteiger partial charge in [-0.1, -0.05) is 28.1 Å². The molecule has 0 aliphatic rings. The van der Waals surface area contributed by atoms with Crippen molar-refractivity contribution in [2.75, 3.05) is 0 Å². The number of nitro groups is 1. The van der Waals surface area contributed by atoms with Gasteiger partial charge in [0, 0.05) is 10.5 Å². The van der Waals surface area contributed by atoms with E-state index in [0.717, 1.165) is 5.56 Å². The molecule has 0 aliphatic heterocycles. The van der Waals surface area contributed by atoms with Gasteiger partial charge in [0.25, 0.3) is 0 Å². The molecule has 0 aromatic heterocycles. The maximum atomic E-state index is 11.1.